The third-order valence-electron chi connectivity index (χ3n) is 2.99. The third-order valence-corrected chi connectivity index (χ3v) is 4.17. The number of nitrogen functional groups attached to an aromatic ring is 1. The molecule has 0 aliphatic carbocycles. The zero-order chi connectivity index (χ0) is 13.9. The lowest BCUT2D eigenvalue weighted by atomic mass is 10.0. The summed E-state index contributed by atoms with van der Waals surface area (Å²) >= 11 is 1.33. The summed E-state index contributed by atoms with van der Waals surface area (Å²) in [4.78, 5) is 18.8. The summed E-state index contributed by atoms with van der Waals surface area (Å²) in [6, 6.07) is 0. The molecule has 0 unspecified atom stereocenters. The number of hydrogen-bond donors (Lipinski definition) is 2. The van der Waals surface area contributed by atoms with Gasteiger partial charge < -0.3 is 16.0 Å². The zero-order valence-electron chi connectivity index (χ0n) is 11.7. The number of amides is 1. The van der Waals surface area contributed by atoms with Gasteiger partial charge in [-0.2, -0.15) is 0 Å². The van der Waals surface area contributed by atoms with E-state index >= 15 is 0 Å². The Hall–Kier alpha value is -1.30. The molecule has 0 saturated heterocycles. The quantitative estimate of drug-likeness (QED) is 0.859. The van der Waals surface area contributed by atoms with Crippen LogP contribution in [0.15, 0.2) is 0 Å². The number of thiazole rings is 1. The Morgan fingerprint density at radius 1 is 1.50 bits per heavy atom. The normalized spacial score (nSPS) is 11.4. The van der Waals surface area contributed by atoms with Gasteiger partial charge in [-0.05, 0) is 27.2 Å². The predicted molar refractivity (Wildman–Crippen MR) is 77.3 cm³/mol. The summed E-state index contributed by atoms with van der Waals surface area (Å²) in [5, 5.41) is 3.74. The standard InChI is InChI=1S/C12H22N4OS/c1-6-12(3,4)15-10(17)8-9(13)14-11(18-8)16(5)7-2/h6-7,13H2,1-5H3,(H,15,17). The summed E-state index contributed by atoms with van der Waals surface area (Å²) < 4.78 is 0. The molecule has 0 aromatic carbocycles. The number of rotatable bonds is 5. The number of carbonyl (C=O) groups is 1. The molecule has 5 nitrogen and oxygen atoms in total. The van der Waals surface area contributed by atoms with E-state index in [1.165, 1.54) is 11.3 Å². The largest absolute Gasteiger partial charge is 0.382 e. The van der Waals surface area contributed by atoms with E-state index in [0.717, 1.165) is 18.1 Å². The molecule has 1 amide bonds. The molecule has 3 N–H and O–H groups in total. The molecule has 0 bridgehead atoms. The Balaban J connectivity index is 2.90. The fourth-order valence-electron chi connectivity index (χ4n) is 1.23. The first kappa shape index (κ1) is 14.8. The van der Waals surface area contributed by atoms with Crippen molar-refractivity contribution in [3.63, 3.8) is 0 Å². The Bertz CT molecular complexity index is 428. The molecular formula is C12H22N4OS. The molecule has 6 heteroatoms. The van der Waals surface area contributed by atoms with Gasteiger partial charge in [0, 0.05) is 19.1 Å². The van der Waals surface area contributed by atoms with Gasteiger partial charge in [-0.15, -0.1) is 0 Å². The molecular weight excluding hydrogens is 248 g/mol. The number of hydrogen-bond acceptors (Lipinski definition) is 5. The van der Waals surface area contributed by atoms with E-state index < -0.39 is 0 Å². The fraction of sp³-hybridized carbons (Fsp3) is 0.667. The predicted octanol–water partition coefficient (Wildman–Crippen LogP) is 2.10. The lowest BCUT2D eigenvalue weighted by Crippen LogP contribution is -2.42. The number of nitrogens with zero attached hydrogens (tertiary/aromatic N) is 2. The molecule has 0 aliphatic heterocycles. The lowest BCUT2D eigenvalue weighted by molar-refractivity contribution is 0.0916. The Morgan fingerprint density at radius 3 is 2.61 bits per heavy atom. The third kappa shape index (κ3) is 3.35. The van der Waals surface area contributed by atoms with E-state index in [0.29, 0.717) is 10.7 Å². The molecule has 0 saturated carbocycles. The molecule has 1 heterocycles. The van der Waals surface area contributed by atoms with Crippen molar-refractivity contribution in [2.24, 2.45) is 0 Å². The highest BCUT2D eigenvalue weighted by Gasteiger charge is 2.23. The Labute approximate surface area is 112 Å². The summed E-state index contributed by atoms with van der Waals surface area (Å²) in [7, 11) is 1.93. The Morgan fingerprint density at radius 2 is 2.11 bits per heavy atom. The smallest absolute Gasteiger partial charge is 0.265 e. The van der Waals surface area contributed by atoms with Gasteiger partial charge in [0.25, 0.3) is 5.91 Å². The van der Waals surface area contributed by atoms with Crippen LogP contribution in [0.2, 0.25) is 0 Å². The maximum Gasteiger partial charge on any atom is 0.265 e. The van der Waals surface area contributed by atoms with Crippen LogP contribution in [0.1, 0.15) is 43.8 Å². The first-order valence-electron chi connectivity index (χ1n) is 6.10. The van der Waals surface area contributed by atoms with Gasteiger partial charge >= 0.3 is 0 Å². The van der Waals surface area contributed by atoms with Gasteiger partial charge in [0.1, 0.15) is 10.7 Å². The van der Waals surface area contributed by atoms with Crippen LogP contribution in [-0.2, 0) is 0 Å². The topological polar surface area (TPSA) is 71.2 Å². The highest BCUT2D eigenvalue weighted by atomic mass is 32.1. The van der Waals surface area contributed by atoms with E-state index in [1.807, 2.05) is 39.6 Å². The second-order valence-corrected chi connectivity index (χ2v) is 5.89. The van der Waals surface area contributed by atoms with Gasteiger partial charge in [0.15, 0.2) is 5.13 Å². The summed E-state index contributed by atoms with van der Waals surface area (Å²) in [5.41, 5.74) is 5.58. The van der Waals surface area contributed by atoms with Gasteiger partial charge in [0.2, 0.25) is 0 Å². The number of aromatic nitrogens is 1. The maximum atomic E-state index is 12.1. The van der Waals surface area contributed by atoms with Crippen LogP contribution < -0.4 is 16.0 Å². The molecule has 18 heavy (non-hydrogen) atoms. The average molecular weight is 270 g/mol. The van der Waals surface area contributed by atoms with Crippen molar-refractivity contribution in [3.8, 4) is 0 Å². The van der Waals surface area contributed by atoms with Gasteiger partial charge in [0.05, 0.1) is 0 Å². The fourth-order valence-corrected chi connectivity index (χ4v) is 2.14. The molecule has 0 aliphatic rings. The molecule has 102 valence electrons. The molecule has 1 aromatic heterocycles. The number of nitrogens with two attached hydrogens (primary N) is 1. The second kappa shape index (κ2) is 5.56. The van der Waals surface area contributed by atoms with Crippen LogP contribution in [-0.4, -0.2) is 30.0 Å². The van der Waals surface area contributed by atoms with Crippen LogP contribution in [0.3, 0.4) is 0 Å². The Kier molecular flexibility index (Phi) is 4.56. The van der Waals surface area contributed by atoms with Crippen LogP contribution in [0.5, 0.6) is 0 Å². The van der Waals surface area contributed by atoms with Crippen molar-refractivity contribution in [3.05, 3.63) is 4.88 Å². The van der Waals surface area contributed by atoms with Gasteiger partial charge in [-0.25, -0.2) is 4.98 Å². The van der Waals surface area contributed by atoms with Crippen molar-refractivity contribution in [2.45, 2.75) is 39.7 Å². The van der Waals surface area contributed by atoms with Crippen molar-refractivity contribution in [1.29, 1.82) is 0 Å². The highest BCUT2D eigenvalue weighted by molar-refractivity contribution is 7.18. The second-order valence-electron chi connectivity index (χ2n) is 4.92. The average Bonchev–Trinajstić information content (AvgIpc) is 2.70. The summed E-state index contributed by atoms with van der Waals surface area (Å²) in [6.07, 6.45) is 0.860. The van der Waals surface area contributed by atoms with Crippen molar-refractivity contribution < 1.29 is 4.79 Å². The van der Waals surface area contributed by atoms with Gasteiger partial charge in [-0.1, -0.05) is 18.3 Å². The molecule has 0 spiro atoms. The van der Waals surface area contributed by atoms with Crippen LogP contribution in [0.25, 0.3) is 0 Å². The van der Waals surface area contributed by atoms with E-state index in [1.54, 1.807) is 0 Å². The number of anilines is 2. The van der Waals surface area contributed by atoms with E-state index in [2.05, 4.69) is 10.3 Å². The molecule has 0 fully saturated rings. The highest BCUT2D eigenvalue weighted by Crippen LogP contribution is 2.27. The van der Waals surface area contributed by atoms with Crippen LogP contribution in [0.4, 0.5) is 10.9 Å². The molecule has 0 radical (unpaired) electrons. The number of nitrogens with one attached hydrogen (secondary N) is 1. The monoisotopic (exact) mass is 270 g/mol. The molecule has 0 atom stereocenters. The zero-order valence-corrected chi connectivity index (χ0v) is 12.5. The summed E-state index contributed by atoms with van der Waals surface area (Å²) in [5.74, 6) is 0.160. The minimum absolute atomic E-state index is 0.146. The van der Waals surface area contributed by atoms with Gasteiger partial charge in [-0.3, -0.25) is 4.79 Å². The van der Waals surface area contributed by atoms with Crippen LogP contribution >= 0.6 is 11.3 Å². The van der Waals surface area contributed by atoms with Crippen molar-refractivity contribution in [2.75, 3.05) is 24.2 Å². The molecule has 1 aromatic rings. The van der Waals surface area contributed by atoms with E-state index in [-0.39, 0.29) is 11.4 Å². The minimum Gasteiger partial charge on any atom is -0.382 e. The minimum atomic E-state index is -0.232. The maximum absolute atomic E-state index is 12.1. The first-order chi connectivity index (χ1) is 8.30. The SMILES string of the molecule is CCN(C)c1nc(N)c(C(=O)NC(C)(C)CC)s1. The van der Waals surface area contributed by atoms with E-state index in [9.17, 15) is 4.79 Å². The first-order valence-corrected chi connectivity index (χ1v) is 6.92. The van der Waals surface area contributed by atoms with Crippen LogP contribution in [0, 0.1) is 0 Å². The van der Waals surface area contributed by atoms with Crippen molar-refractivity contribution in [1.82, 2.24) is 10.3 Å². The lowest BCUT2D eigenvalue weighted by Gasteiger charge is -2.23. The molecule has 1 rings (SSSR count). The van der Waals surface area contributed by atoms with E-state index in [4.69, 9.17) is 5.73 Å². The van der Waals surface area contributed by atoms with Crippen molar-refractivity contribution >= 4 is 28.2 Å². The number of carbonyl (C=O) groups excluding carboxylic acids is 1. The summed E-state index contributed by atoms with van der Waals surface area (Å²) in [6.45, 7) is 8.86.